The van der Waals surface area contributed by atoms with Crippen LogP contribution in [0, 0.1) is 6.92 Å². The lowest BCUT2D eigenvalue weighted by Crippen LogP contribution is -2.21. The van der Waals surface area contributed by atoms with Gasteiger partial charge in [-0.15, -0.1) is 10.2 Å². The third kappa shape index (κ3) is 4.24. The second-order valence-electron chi connectivity index (χ2n) is 6.83. The molecule has 0 atom stereocenters. The molecule has 0 N–H and O–H groups in total. The first-order valence-corrected chi connectivity index (χ1v) is 10.7. The molecule has 4 rings (SSSR count). The molecule has 0 aliphatic rings. The number of thioether (sulfide) groups is 1. The minimum Gasteiger partial charge on any atom is -0.425 e. The van der Waals surface area contributed by atoms with E-state index in [1.165, 1.54) is 17.3 Å². The van der Waals surface area contributed by atoms with Gasteiger partial charge in [0.2, 0.25) is 11.8 Å². The molecule has 0 fully saturated rings. The molecule has 148 valence electrons. The van der Waals surface area contributed by atoms with Crippen molar-refractivity contribution in [2.75, 3.05) is 0 Å². The van der Waals surface area contributed by atoms with E-state index in [1.54, 1.807) is 11.5 Å². The van der Waals surface area contributed by atoms with Crippen molar-refractivity contribution in [3.8, 4) is 5.69 Å². The molecule has 0 saturated heterocycles. The number of hydrogen-bond acceptors (Lipinski definition) is 6. The minimum atomic E-state index is -0.0823. The summed E-state index contributed by atoms with van der Waals surface area (Å²) in [6, 6.07) is 15.6. The van der Waals surface area contributed by atoms with Gasteiger partial charge in [-0.2, -0.15) is 0 Å². The van der Waals surface area contributed by atoms with Gasteiger partial charge in [-0.3, -0.25) is 9.36 Å². The van der Waals surface area contributed by atoms with Crippen molar-refractivity contribution in [2.24, 2.45) is 0 Å². The number of benzene rings is 2. The van der Waals surface area contributed by atoms with Gasteiger partial charge in [-0.05, 0) is 42.7 Å². The molecule has 0 aliphatic heterocycles. The van der Waals surface area contributed by atoms with Crippen LogP contribution in [0.15, 0.2) is 62.9 Å². The van der Waals surface area contributed by atoms with E-state index < -0.39 is 0 Å². The van der Waals surface area contributed by atoms with Crippen LogP contribution in [0.1, 0.15) is 37.1 Å². The van der Waals surface area contributed by atoms with Crippen molar-refractivity contribution in [2.45, 2.75) is 44.0 Å². The summed E-state index contributed by atoms with van der Waals surface area (Å²) in [6.45, 7) is 3.94. The van der Waals surface area contributed by atoms with Gasteiger partial charge < -0.3 is 4.42 Å². The van der Waals surface area contributed by atoms with E-state index >= 15 is 0 Å². The topological polar surface area (TPSA) is 73.8 Å². The Morgan fingerprint density at radius 2 is 1.86 bits per heavy atom. The Kier molecular flexibility index (Phi) is 5.76. The molecular formula is C22H22N4O2S. The lowest BCUT2D eigenvalue weighted by Gasteiger charge is -2.13. The zero-order valence-corrected chi connectivity index (χ0v) is 17.3. The fourth-order valence-corrected chi connectivity index (χ4v) is 4.00. The van der Waals surface area contributed by atoms with Gasteiger partial charge in [-0.1, -0.05) is 49.4 Å². The number of fused-ring (bicyclic) bond motifs is 1. The van der Waals surface area contributed by atoms with Crippen molar-refractivity contribution in [1.82, 2.24) is 19.7 Å². The zero-order valence-electron chi connectivity index (χ0n) is 16.5. The molecule has 0 saturated carbocycles. The van der Waals surface area contributed by atoms with E-state index in [9.17, 15) is 4.79 Å². The van der Waals surface area contributed by atoms with Crippen LogP contribution in [0.4, 0.5) is 0 Å². The lowest BCUT2D eigenvalue weighted by atomic mass is 10.1. The summed E-state index contributed by atoms with van der Waals surface area (Å²) in [6.07, 6.45) is 3.35. The Labute approximate surface area is 173 Å². The average molecular weight is 407 g/mol. The molecule has 0 radical (unpaired) electrons. The van der Waals surface area contributed by atoms with Crippen molar-refractivity contribution in [3.63, 3.8) is 0 Å². The summed E-state index contributed by atoms with van der Waals surface area (Å²) in [4.78, 5) is 18.0. The maximum atomic E-state index is 13.3. The van der Waals surface area contributed by atoms with Gasteiger partial charge >= 0.3 is 0 Å². The summed E-state index contributed by atoms with van der Waals surface area (Å²) >= 11 is 1.41. The van der Waals surface area contributed by atoms with Crippen LogP contribution in [0.25, 0.3) is 16.6 Å². The number of unbranched alkanes of at least 4 members (excludes halogenated alkanes) is 1. The second-order valence-corrected chi connectivity index (χ2v) is 7.77. The highest BCUT2D eigenvalue weighted by Gasteiger charge is 2.15. The van der Waals surface area contributed by atoms with E-state index in [0.717, 1.165) is 24.9 Å². The van der Waals surface area contributed by atoms with Crippen LogP contribution in [-0.4, -0.2) is 19.7 Å². The molecule has 2 heterocycles. The van der Waals surface area contributed by atoms with Gasteiger partial charge in [-0.25, -0.2) is 4.98 Å². The van der Waals surface area contributed by atoms with Crippen molar-refractivity contribution in [3.05, 3.63) is 76.2 Å². The van der Waals surface area contributed by atoms with Crippen LogP contribution < -0.4 is 5.56 Å². The summed E-state index contributed by atoms with van der Waals surface area (Å²) in [7, 11) is 0. The fourth-order valence-electron chi connectivity index (χ4n) is 3.15. The highest BCUT2D eigenvalue weighted by molar-refractivity contribution is 7.98. The Morgan fingerprint density at radius 1 is 1.07 bits per heavy atom. The van der Waals surface area contributed by atoms with Crippen LogP contribution in [0.2, 0.25) is 0 Å². The molecule has 2 aromatic carbocycles. The van der Waals surface area contributed by atoms with Gasteiger partial charge in [0.15, 0.2) is 5.16 Å². The van der Waals surface area contributed by atoms with Crippen LogP contribution in [0.5, 0.6) is 0 Å². The van der Waals surface area contributed by atoms with Gasteiger partial charge in [0.25, 0.3) is 5.56 Å². The average Bonchev–Trinajstić information content (AvgIpc) is 3.16. The zero-order chi connectivity index (χ0) is 20.2. The maximum absolute atomic E-state index is 13.3. The minimum absolute atomic E-state index is 0.0823. The largest absolute Gasteiger partial charge is 0.425 e. The number of aryl methyl sites for hydroxylation is 2. The summed E-state index contributed by atoms with van der Waals surface area (Å²) in [5, 5.41) is 9.10. The smallest absolute Gasteiger partial charge is 0.266 e. The number of nitrogens with zero attached hydrogens (tertiary/aromatic N) is 4. The molecular weight excluding hydrogens is 384 g/mol. The number of hydrogen-bond donors (Lipinski definition) is 0. The Hall–Kier alpha value is -2.93. The molecule has 4 aromatic rings. The van der Waals surface area contributed by atoms with Crippen molar-refractivity contribution >= 4 is 22.7 Å². The van der Waals surface area contributed by atoms with Crippen LogP contribution in [-0.2, 0) is 12.2 Å². The normalized spacial score (nSPS) is 11.2. The maximum Gasteiger partial charge on any atom is 0.266 e. The second kappa shape index (κ2) is 8.61. The molecule has 6 nitrogen and oxygen atoms in total. The molecule has 0 unspecified atom stereocenters. The Balaban J connectivity index is 1.75. The first-order valence-electron chi connectivity index (χ1n) is 9.68. The third-order valence-electron chi connectivity index (χ3n) is 4.65. The summed E-state index contributed by atoms with van der Waals surface area (Å²) in [5.41, 5.74) is 2.67. The van der Waals surface area contributed by atoms with Crippen LogP contribution >= 0.6 is 11.8 Å². The summed E-state index contributed by atoms with van der Waals surface area (Å²) in [5.74, 6) is 1.48. The van der Waals surface area contributed by atoms with Gasteiger partial charge in [0, 0.05) is 6.92 Å². The predicted molar refractivity (Wildman–Crippen MR) is 115 cm³/mol. The molecule has 0 amide bonds. The van der Waals surface area contributed by atoms with Gasteiger partial charge in [0.05, 0.1) is 22.3 Å². The predicted octanol–water partition coefficient (Wildman–Crippen LogP) is 4.71. The Bertz CT molecular complexity index is 1180. The quantitative estimate of drug-likeness (QED) is 0.327. The molecule has 0 bridgehead atoms. The SMILES string of the molecule is CCCCc1ccc(-n2c(SCc3nnc(C)o3)nc3ccccc3c2=O)cc1. The highest BCUT2D eigenvalue weighted by Crippen LogP contribution is 2.24. The first kappa shape index (κ1) is 19.4. The van der Waals surface area contributed by atoms with E-state index in [1.807, 2.05) is 36.4 Å². The fraction of sp³-hybridized carbons (Fsp3) is 0.273. The van der Waals surface area contributed by atoms with E-state index in [4.69, 9.17) is 9.40 Å². The van der Waals surface area contributed by atoms with E-state index in [2.05, 4.69) is 29.3 Å². The van der Waals surface area contributed by atoms with Crippen molar-refractivity contribution < 1.29 is 4.42 Å². The lowest BCUT2D eigenvalue weighted by molar-refractivity contribution is 0.485. The number of para-hydroxylation sites is 1. The van der Waals surface area contributed by atoms with Gasteiger partial charge in [0.1, 0.15) is 0 Å². The van der Waals surface area contributed by atoms with E-state index in [0.29, 0.717) is 33.6 Å². The van der Waals surface area contributed by atoms with Crippen molar-refractivity contribution in [1.29, 1.82) is 0 Å². The third-order valence-corrected chi connectivity index (χ3v) is 5.57. The summed E-state index contributed by atoms with van der Waals surface area (Å²) < 4.78 is 7.13. The molecule has 0 spiro atoms. The molecule has 29 heavy (non-hydrogen) atoms. The Morgan fingerprint density at radius 3 is 2.59 bits per heavy atom. The van der Waals surface area contributed by atoms with Crippen LogP contribution in [0.3, 0.4) is 0 Å². The standard InChI is InChI=1S/C22H22N4O2S/c1-3-4-7-16-10-12-17(13-11-16)26-21(27)18-8-5-6-9-19(18)23-22(26)29-14-20-25-24-15(2)28-20/h5-6,8-13H,3-4,7,14H2,1-2H3. The monoisotopic (exact) mass is 406 g/mol. The molecule has 0 aliphatic carbocycles. The number of aromatic nitrogens is 4. The van der Waals surface area contributed by atoms with E-state index in [-0.39, 0.29) is 5.56 Å². The number of rotatable bonds is 7. The highest BCUT2D eigenvalue weighted by atomic mass is 32.2. The molecule has 2 aromatic heterocycles. The first-order chi connectivity index (χ1) is 14.2. The molecule has 7 heteroatoms.